The quantitative estimate of drug-likeness (QED) is 0.789. The van der Waals surface area contributed by atoms with Crippen LogP contribution in [0.2, 0.25) is 0 Å². The fourth-order valence-corrected chi connectivity index (χ4v) is 3.73. The first-order valence-electron chi connectivity index (χ1n) is 9.30. The van der Waals surface area contributed by atoms with Crippen molar-refractivity contribution in [3.05, 3.63) is 35.4 Å². The first-order chi connectivity index (χ1) is 13.3. The average molecular weight is 436 g/mol. The van der Waals surface area contributed by atoms with Crippen LogP contribution in [-0.4, -0.2) is 67.6 Å². The van der Waals surface area contributed by atoms with Gasteiger partial charge in [-0.25, -0.2) is 0 Å². The van der Waals surface area contributed by atoms with Gasteiger partial charge in [0.15, 0.2) is 0 Å². The highest BCUT2D eigenvalue weighted by atomic mass is 35.5. The minimum atomic E-state index is -4.50. The lowest BCUT2D eigenvalue weighted by atomic mass is 9.78. The van der Waals surface area contributed by atoms with Crippen LogP contribution in [0.25, 0.3) is 0 Å². The van der Waals surface area contributed by atoms with Crippen molar-refractivity contribution >= 4 is 24.2 Å². The predicted molar refractivity (Wildman–Crippen MR) is 103 cm³/mol. The second-order valence-corrected chi connectivity index (χ2v) is 7.26. The van der Waals surface area contributed by atoms with E-state index in [1.54, 1.807) is 4.90 Å². The Hall–Kier alpha value is -1.84. The van der Waals surface area contributed by atoms with Crippen LogP contribution < -0.4 is 5.73 Å². The zero-order valence-electron chi connectivity index (χ0n) is 15.9. The van der Waals surface area contributed by atoms with E-state index in [4.69, 9.17) is 10.5 Å². The van der Waals surface area contributed by atoms with E-state index in [2.05, 4.69) is 0 Å². The molecule has 0 saturated carbocycles. The largest absolute Gasteiger partial charge is 0.416 e. The summed E-state index contributed by atoms with van der Waals surface area (Å²) in [5, 5.41) is 0. The van der Waals surface area contributed by atoms with E-state index >= 15 is 0 Å². The van der Waals surface area contributed by atoms with Crippen LogP contribution in [0, 0.1) is 5.41 Å². The van der Waals surface area contributed by atoms with E-state index in [0.29, 0.717) is 39.1 Å². The van der Waals surface area contributed by atoms with Gasteiger partial charge in [0.25, 0.3) is 5.91 Å². The molecule has 2 fully saturated rings. The molecule has 2 aliphatic rings. The molecule has 1 aromatic carbocycles. The van der Waals surface area contributed by atoms with Crippen LogP contribution in [-0.2, 0) is 15.7 Å². The topological polar surface area (TPSA) is 75.9 Å². The molecule has 2 amide bonds. The van der Waals surface area contributed by atoms with Gasteiger partial charge in [0.2, 0.25) is 5.91 Å². The maximum atomic E-state index is 13.0. The summed E-state index contributed by atoms with van der Waals surface area (Å²) in [6, 6.07) is 4.41. The van der Waals surface area contributed by atoms with Gasteiger partial charge in [0.05, 0.1) is 11.0 Å². The van der Waals surface area contributed by atoms with E-state index in [0.717, 1.165) is 12.1 Å². The Balaban J connectivity index is 0.00000300. The lowest BCUT2D eigenvalue weighted by Crippen LogP contribution is -2.57. The zero-order chi connectivity index (χ0) is 20.4. The number of carbonyl (C=O) groups is 2. The van der Waals surface area contributed by atoms with Gasteiger partial charge >= 0.3 is 6.18 Å². The number of benzene rings is 1. The highest BCUT2D eigenvalue weighted by molar-refractivity contribution is 5.94. The molecule has 29 heavy (non-hydrogen) atoms. The maximum absolute atomic E-state index is 13.0. The second kappa shape index (κ2) is 9.32. The van der Waals surface area contributed by atoms with Gasteiger partial charge in [-0.3, -0.25) is 9.59 Å². The number of alkyl halides is 3. The van der Waals surface area contributed by atoms with E-state index in [9.17, 15) is 22.8 Å². The summed E-state index contributed by atoms with van der Waals surface area (Å²) in [5.74, 6) is -0.484. The van der Waals surface area contributed by atoms with Crippen molar-refractivity contribution in [2.75, 3.05) is 45.9 Å². The Morgan fingerprint density at radius 2 is 1.66 bits per heavy atom. The molecule has 10 heteroatoms. The lowest BCUT2D eigenvalue weighted by Gasteiger charge is -2.42. The van der Waals surface area contributed by atoms with Crippen molar-refractivity contribution in [3.63, 3.8) is 0 Å². The maximum Gasteiger partial charge on any atom is 0.416 e. The molecule has 162 valence electrons. The average Bonchev–Trinajstić information content (AvgIpc) is 2.73. The van der Waals surface area contributed by atoms with Crippen LogP contribution >= 0.6 is 12.4 Å². The molecule has 0 unspecified atom stereocenters. The number of nitrogens with zero attached hydrogens (tertiary/aromatic N) is 2. The summed E-state index contributed by atoms with van der Waals surface area (Å²) < 4.78 is 44.0. The molecule has 3 rings (SSSR count). The first-order valence-corrected chi connectivity index (χ1v) is 9.30. The highest BCUT2D eigenvalue weighted by Gasteiger charge is 2.42. The van der Waals surface area contributed by atoms with Gasteiger partial charge in [0.1, 0.15) is 0 Å². The molecule has 0 atom stereocenters. The monoisotopic (exact) mass is 435 g/mol. The Bertz CT molecular complexity index is 731. The molecule has 2 aliphatic heterocycles. The molecule has 0 spiro atoms. The Morgan fingerprint density at radius 3 is 2.21 bits per heavy atom. The van der Waals surface area contributed by atoms with Crippen molar-refractivity contribution in [3.8, 4) is 0 Å². The highest BCUT2D eigenvalue weighted by Crippen LogP contribution is 2.32. The Labute approximate surface area is 173 Å². The normalized spacial score (nSPS) is 19.4. The van der Waals surface area contributed by atoms with Crippen LogP contribution in [0.15, 0.2) is 24.3 Å². The lowest BCUT2D eigenvalue weighted by molar-refractivity contribution is -0.148. The summed E-state index contributed by atoms with van der Waals surface area (Å²) >= 11 is 0. The summed E-state index contributed by atoms with van der Waals surface area (Å²) in [6.45, 7) is 2.47. The first kappa shape index (κ1) is 23.4. The van der Waals surface area contributed by atoms with Gasteiger partial charge in [-0.2, -0.15) is 13.2 Å². The molecule has 0 radical (unpaired) electrons. The minimum absolute atomic E-state index is 0. The van der Waals surface area contributed by atoms with E-state index in [1.165, 1.54) is 17.0 Å². The summed E-state index contributed by atoms with van der Waals surface area (Å²) in [4.78, 5) is 28.8. The van der Waals surface area contributed by atoms with E-state index in [1.807, 2.05) is 0 Å². The van der Waals surface area contributed by atoms with Crippen LogP contribution in [0.1, 0.15) is 28.8 Å². The molecule has 0 aliphatic carbocycles. The molecular formula is C19H25ClF3N3O3. The van der Waals surface area contributed by atoms with Crippen molar-refractivity contribution in [1.82, 2.24) is 9.80 Å². The van der Waals surface area contributed by atoms with Gasteiger partial charge in [-0.05, 0) is 31.0 Å². The number of hydrogen-bond acceptors (Lipinski definition) is 4. The van der Waals surface area contributed by atoms with Crippen molar-refractivity contribution in [2.24, 2.45) is 11.1 Å². The van der Waals surface area contributed by atoms with Crippen LogP contribution in [0.5, 0.6) is 0 Å². The number of amides is 2. The summed E-state index contributed by atoms with van der Waals surface area (Å²) in [7, 11) is 0. The Morgan fingerprint density at radius 1 is 1.07 bits per heavy atom. The third-order valence-electron chi connectivity index (χ3n) is 5.59. The SMILES string of the molecule is Cl.NCC1(C(=O)N2CCN(C(=O)c3cccc(C(F)(F)F)c3)CC2)CCOCC1. The number of hydrogen-bond donors (Lipinski definition) is 1. The van der Waals surface area contributed by atoms with Gasteiger partial charge in [-0.15, -0.1) is 12.4 Å². The Kier molecular flexibility index (Phi) is 7.53. The number of halogens is 4. The molecule has 2 N–H and O–H groups in total. The standard InChI is InChI=1S/C19H24F3N3O3.ClH/c20-19(21,22)15-3-1-2-14(12-15)16(26)24-6-8-25(9-7-24)17(27)18(13-23)4-10-28-11-5-18;/h1-3,12H,4-11,13,23H2;1H. The predicted octanol–water partition coefficient (Wildman–Crippen LogP) is 2.17. The fraction of sp³-hybridized carbons (Fsp3) is 0.579. The van der Waals surface area contributed by atoms with Crippen molar-refractivity contribution < 1.29 is 27.5 Å². The smallest absolute Gasteiger partial charge is 0.381 e. The number of piperazine rings is 1. The van der Waals surface area contributed by atoms with Gasteiger partial charge in [0, 0.05) is 51.5 Å². The van der Waals surface area contributed by atoms with E-state index in [-0.39, 0.29) is 43.5 Å². The molecular weight excluding hydrogens is 411 g/mol. The van der Waals surface area contributed by atoms with Crippen LogP contribution in [0.4, 0.5) is 13.2 Å². The molecule has 0 bridgehead atoms. The second-order valence-electron chi connectivity index (χ2n) is 7.26. The number of rotatable bonds is 3. The van der Waals surface area contributed by atoms with E-state index < -0.39 is 23.1 Å². The number of nitrogens with two attached hydrogens (primary N) is 1. The molecule has 2 heterocycles. The summed E-state index contributed by atoms with van der Waals surface area (Å²) in [6.07, 6.45) is -3.35. The zero-order valence-corrected chi connectivity index (χ0v) is 16.7. The molecule has 0 aromatic heterocycles. The third-order valence-corrected chi connectivity index (χ3v) is 5.59. The van der Waals surface area contributed by atoms with Gasteiger partial charge < -0.3 is 20.3 Å². The summed E-state index contributed by atoms with van der Waals surface area (Å²) in [5.41, 5.74) is 4.41. The minimum Gasteiger partial charge on any atom is -0.381 e. The van der Waals surface area contributed by atoms with Crippen LogP contribution in [0.3, 0.4) is 0 Å². The number of carbonyl (C=O) groups excluding carboxylic acids is 2. The van der Waals surface area contributed by atoms with Crippen molar-refractivity contribution in [2.45, 2.75) is 19.0 Å². The fourth-order valence-electron chi connectivity index (χ4n) is 3.73. The third kappa shape index (κ3) is 5.02. The molecule has 6 nitrogen and oxygen atoms in total. The van der Waals surface area contributed by atoms with Gasteiger partial charge in [-0.1, -0.05) is 6.07 Å². The molecule has 2 saturated heterocycles. The number of ether oxygens (including phenoxy) is 1. The molecule has 1 aromatic rings. The van der Waals surface area contributed by atoms with Crippen molar-refractivity contribution in [1.29, 1.82) is 0 Å².